The maximum atomic E-state index is 12.9. The number of aromatic nitrogens is 3. The van der Waals surface area contributed by atoms with Crippen LogP contribution in [0.15, 0.2) is 24.5 Å². The number of anilines is 3. The number of H-pyrrole nitrogens is 1. The van der Waals surface area contributed by atoms with Crippen molar-refractivity contribution in [2.45, 2.75) is 13.1 Å². The summed E-state index contributed by atoms with van der Waals surface area (Å²) in [6, 6.07) is 3.53. The molecule has 5 nitrogen and oxygen atoms in total. The van der Waals surface area contributed by atoms with Gasteiger partial charge in [0.25, 0.3) is 0 Å². The first-order valence-electron chi connectivity index (χ1n) is 6.96. The zero-order valence-electron chi connectivity index (χ0n) is 12.7. The fourth-order valence-corrected chi connectivity index (χ4v) is 2.55. The Labute approximate surface area is 140 Å². The molecule has 2 aromatic heterocycles. The highest BCUT2D eigenvalue weighted by molar-refractivity contribution is 6.34. The van der Waals surface area contributed by atoms with Gasteiger partial charge in [0.05, 0.1) is 10.7 Å². The summed E-state index contributed by atoms with van der Waals surface area (Å²) in [6.45, 7) is 1.94. The Bertz CT molecular complexity index is 904. The van der Waals surface area contributed by atoms with E-state index < -0.39 is 11.7 Å². The monoisotopic (exact) mass is 355 g/mol. The zero-order valence-corrected chi connectivity index (χ0v) is 13.5. The third kappa shape index (κ3) is 2.96. The molecule has 2 heterocycles. The third-order valence-corrected chi connectivity index (χ3v) is 3.87. The average molecular weight is 356 g/mol. The van der Waals surface area contributed by atoms with Gasteiger partial charge in [-0.25, -0.2) is 4.98 Å². The summed E-state index contributed by atoms with van der Waals surface area (Å²) in [6.07, 6.45) is -1.96. The molecule has 3 rings (SSSR count). The molecule has 0 aliphatic carbocycles. The Hall–Kier alpha value is -2.48. The number of alkyl halides is 3. The summed E-state index contributed by atoms with van der Waals surface area (Å²) in [5.74, 6) is -0.301. The van der Waals surface area contributed by atoms with Crippen LogP contribution in [0.4, 0.5) is 30.6 Å². The van der Waals surface area contributed by atoms with Crippen molar-refractivity contribution in [2.24, 2.45) is 0 Å². The van der Waals surface area contributed by atoms with Gasteiger partial charge in [-0.1, -0.05) is 11.6 Å². The van der Waals surface area contributed by atoms with Crippen LogP contribution in [0.3, 0.4) is 0 Å². The van der Waals surface area contributed by atoms with Crippen LogP contribution in [0.5, 0.6) is 0 Å². The predicted molar refractivity (Wildman–Crippen MR) is 87.9 cm³/mol. The number of benzene rings is 1. The second-order valence-corrected chi connectivity index (χ2v) is 5.59. The van der Waals surface area contributed by atoms with Gasteiger partial charge in [-0.15, -0.1) is 0 Å². The lowest BCUT2D eigenvalue weighted by Gasteiger charge is -2.13. The lowest BCUT2D eigenvalue weighted by molar-refractivity contribution is -0.137. The van der Waals surface area contributed by atoms with Crippen molar-refractivity contribution in [3.05, 3.63) is 40.7 Å². The number of aryl methyl sites for hydroxylation is 1. The van der Waals surface area contributed by atoms with E-state index in [-0.39, 0.29) is 11.8 Å². The normalized spacial score (nSPS) is 11.8. The van der Waals surface area contributed by atoms with Crippen LogP contribution in [0, 0.1) is 6.92 Å². The van der Waals surface area contributed by atoms with Crippen molar-refractivity contribution in [3.63, 3.8) is 0 Å². The van der Waals surface area contributed by atoms with E-state index >= 15 is 0 Å². The number of hydrogen-bond donors (Lipinski definition) is 3. The molecule has 0 saturated carbocycles. The number of aromatic amines is 1. The maximum absolute atomic E-state index is 12.9. The van der Waals surface area contributed by atoms with E-state index in [0.717, 1.165) is 22.7 Å². The second-order valence-electron chi connectivity index (χ2n) is 5.18. The average Bonchev–Trinajstić information content (AvgIpc) is 2.87. The van der Waals surface area contributed by atoms with Gasteiger partial charge < -0.3 is 15.6 Å². The quantitative estimate of drug-likeness (QED) is 0.635. The minimum Gasteiger partial charge on any atom is -0.372 e. The van der Waals surface area contributed by atoms with Gasteiger partial charge in [0.2, 0.25) is 5.95 Å². The summed E-state index contributed by atoms with van der Waals surface area (Å²) in [5, 5.41) is 6.65. The van der Waals surface area contributed by atoms with E-state index in [2.05, 4.69) is 25.6 Å². The van der Waals surface area contributed by atoms with Crippen LogP contribution >= 0.6 is 11.6 Å². The topological polar surface area (TPSA) is 65.6 Å². The van der Waals surface area contributed by atoms with Crippen molar-refractivity contribution in [1.82, 2.24) is 15.0 Å². The first-order valence-corrected chi connectivity index (χ1v) is 7.33. The molecule has 126 valence electrons. The Morgan fingerprint density at radius 1 is 1.25 bits per heavy atom. The molecule has 3 aromatic rings. The predicted octanol–water partition coefficient (Wildman–Crippen LogP) is 4.72. The summed E-state index contributed by atoms with van der Waals surface area (Å²) in [7, 11) is 1.36. The molecule has 0 unspecified atom stereocenters. The largest absolute Gasteiger partial charge is 0.421 e. The molecular formula is C15H13ClF3N5. The molecule has 0 saturated heterocycles. The smallest absolute Gasteiger partial charge is 0.372 e. The van der Waals surface area contributed by atoms with Crippen LogP contribution in [-0.4, -0.2) is 22.0 Å². The van der Waals surface area contributed by atoms with Crippen molar-refractivity contribution in [1.29, 1.82) is 0 Å². The Kier molecular flexibility index (Phi) is 4.00. The Morgan fingerprint density at radius 3 is 2.67 bits per heavy atom. The number of nitrogens with one attached hydrogen (secondary N) is 3. The zero-order chi connectivity index (χ0) is 17.5. The van der Waals surface area contributed by atoms with Gasteiger partial charge in [0.1, 0.15) is 11.4 Å². The number of halogens is 4. The SMILES string of the molecule is CNc1nc(Nc2cc3[nH]cc(C)c3cc2Cl)ncc1C(F)(F)F. The summed E-state index contributed by atoms with van der Waals surface area (Å²) >= 11 is 6.23. The molecular weight excluding hydrogens is 343 g/mol. The second kappa shape index (κ2) is 5.86. The first-order chi connectivity index (χ1) is 11.3. The van der Waals surface area contributed by atoms with E-state index in [9.17, 15) is 13.2 Å². The molecule has 9 heteroatoms. The molecule has 24 heavy (non-hydrogen) atoms. The van der Waals surface area contributed by atoms with Crippen LogP contribution in [0.25, 0.3) is 10.9 Å². The molecule has 3 N–H and O–H groups in total. The number of hydrogen-bond acceptors (Lipinski definition) is 4. The summed E-state index contributed by atoms with van der Waals surface area (Å²) in [4.78, 5) is 10.7. The fourth-order valence-electron chi connectivity index (χ4n) is 2.34. The summed E-state index contributed by atoms with van der Waals surface area (Å²) in [5.41, 5.74) is 1.45. The van der Waals surface area contributed by atoms with E-state index in [1.54, 1.807) is 12.1 Å². The maximum Gasteiger partial charge on any atom is 0.421 e. The fraction of sp³-hybridized carbons (Fsp3) is 0.200. The third-order valence-electron chi connectivity index (χ3n) is 3.55. The van der Waals surface area contributed by atoms with E-state index in [1.165, 1.54) is 7.05 Å². The Morgan fingerprint density at radius 2 is 2.00 bits per heavy atom. The van der Waals surface area contributed by atoms with Gasteiger partial charge >= 0.3 is 6.18 Å². The highest BCUT2D eigenvalue weighted by atomic mass is 35.5. The van der Waals surface area contributed by atoms with E-state index in [0.29, 0.717) is 10.7 Å². The molecule has 0 radical (unpaired) electrons. The molecule has 0 spiro atoms. The number of nitrogens with zero attached hydrogens (tertiary/aromatic N) is 2. The molecule has 0 fully saturated rings. The molecule has 0 aliphatic heterocycles. The summed E-state index contributed by atoms with van der Waals surface area (Å²) < 4.78 is 38.6. The van der Waals surface area contributed by atoms with Gasteiger partial charge in [0.15, 0.2) is 0 Å². The molecule has 1 aromatic carbocycles. The van der Waals surface area contributed by atoms with Gasteiger partial charge in [-0.05, 0) is 24.6 Å². The number of fused-ring (bicyclic) bond motifs is 1. The molecule has 0 bridgehead atoms. The van der Waals surface area contributed by atoms with Crippen LogP contribution in [0.1, 0.15) is 11.1 Å². The van der Waals surface area contributed by atoms with Gasteiger partial charge in [-0.3, -0.25) is 0 Å². The lowest BCUT2D eigenvalue weighted by Crippen LogP contribution is -2.12. The first kappa shape index (κ1) is 16.4. The van der Waals surface area contributed by atoms with Crippen LogP contribution < -0.4 is 10.6 Å². The van der Waals surface area contributed by atoms with Crippen LogP contribution in [0.2, 0.25) is 5.02 Å². The minimum atomic E-state index is -4.53. The number of rotatable bonds is 3. The highest BCUT2D eigenvalue weighted by Crippen LogP contribution is 2.35. The van der Waals surface area contributed by atoms with Crippen molar-refractivity contribution in [2.75, 3.05) is 17.7 Å². The van der Waals surface area contributed by atoms with E-state index in [4.69, 9.17) is 11.6 Å². The van der Waals surface area contributed by atoms with Crippen molar-refractivity contribution in [3.8, 4) is 0 Å². The van der Waals surface area contributed by atoms with Gasteiger partial charge in [-0.2, -0.15) is 18.2 Å². The van der Waals surface area contributed by atoms with Gasteiger partial charge in [0, 0.05) is 30.3 Å². The minimum absolute atomic E-state index is 0.0110. The lowest BCUT2D eigenvalue weighted by atomic mass is 10.2. The van der Waals surface area contributed by atoms with Crippen LogP contribution in [-0.2, 0) is 6.18 Å². The molecule has 0 atom stereocenters. The van der Waals surface area contributed by atoms with Crippen molar-refractivity contribution >= 4 is 40.0 Å². The molecule has 0 aliphatic rings. The standard InChI is InChI=1S/C15H13ClF3N5/c1-7-5-21-11-4-12(10(16)3-8(7)11)23-14-22-6-9(15(17,18)19)13(20-2)24-14/h3-6,21H,1-2H3,(H2,20,22,23,24). The van der Waals surface area contributed by atoms with E-state index in [1.807, 2.05) is 13.1 Å². The molecule has 0 amide bonds. The highest BCUT2D eigenvalue weighted by Gasteiger charge is 2.35. The Balaban J connectivity index is 1.98. The van der Waals surface area contributed by atoms with Crippen molar-refractivity contribution < 1.29 is 13.2 Å².